The third-order valence-corrected chi connectivity index (χ3v) is 5.50. The highest BCUT2D eigenvalue weighted by atomic mass is 32.1. The Kier molecular flexibility index (Phi) is 5.73. The molecular formula is C19H22N4O4S. The van der Waals surface area contributed by atoms with Gasteiger partial charge in [-0.05, 0) is 43.0 Å². The molecule has 1 saturated heterocycles. The Hall–Kier alpha value is -2.65. The van der Waals surface area contributed by atoms with E-state index in [0.29, 0.717) is 24.7 Å². The van der Waals surface area contributed by atoms with Crippen LogP contribution in [0, 0.1) is 5.92 Å². The molecule has 0 unspecified atom stereocenters. The summed E-state index contributed by atoms with van der Waals surface area (Å²) in [4.78, 5) is 30.9. The highest BCUT2D eigenvalue weighted by Crippen LogP contribution is 2.29. The van der Waals surface area contributed by atoms with E-state index in [9.17, 15) is 9.59 Å². The second-order valence-corrected chi connectivity index (χ2v) is 7.64. The van der Waals surface area contributed by atoms with Gasteiger partial charge in [0.15, 0.2) is 5.13 Å². The molecule has 2 heterocycles. The fourth-order valence-electron chi connectivity index (χ4n) is 2.72. The fraction of sp³-hybridized carbons (Fsp3) is 0.421. The van der Waals surface area contributed by atoms with Gasteiger partial charge < -0.3 is 14.4 Å². The molecule has 1 aromatic carbocycles. The monoisotopic (exact) mass is 402 g/mol. The summed E-state index contributed by atoms with van der Waals surface area (Å²) in [5, 5.41) is 2.46. The summed E-state index contributed by atoms with van der Waals surface area (Å²) >= 11 is 1.40. The van der Waals surface area contributed by atoms with Crippen LogP contribution in [0.4, 0.5) is 5.13 Å². The lowest BCUT2D eigenvalue weighted by molar-refractivity contribution is 0.0844. The predicted molar refractivity (Wildman–Crippen MR) is 105 cm³/mol. The summed E-state index contributed by atoms with van der Waals surface area (Å²) in [7, 11) is 0. The molecule has 0 atom stereocenters. The molecule has 2 N–H and O–H groups in total. The predicted octanol–water partition coefficient (Wildman–Crippen LogP) is 1.84. The van der Waals surface area contributed by atoms with Gasteiger partial charge in [0.05, 0.1) is 19.8 Å². The first-order valence-electron chi connectivity index (χ1n) is 9.31. The number of carbonyl (C=O) groups is 2. The Morgan fingerprint density at radius 2 is 1.86 bits per heavy atom. The van der Waals surface area contributed by atoms with Crippen molar-refractivity contribution in [3.05, 3.63) is 40.9 Å². The molecule has 1 saturated carbocycles. The summed E-state index contributed by atoms with van der Waals surface area (Å²) < 4.78 is 11.0. The first-order chi connectivity index (χ1) is 13.7. The average Bonchev–Trinajstić information content (AvgIpc) is 3.44. The lowest BCUT2D eigenvalue weighted by Gasteiger charge is -2.25. The third kappa shape index (κ3) is 4.79. The maximum atomic E-state index is 12.2. The minimum Gasteiger partial charge on any atom is -0.493 e. The van der Waals surface area contributed by atoms with E-state index < -0.39 is 11.8 Å². The van der Waals surface area contributed by atoms with Gasteiger partial charge in [0, 0.05) is 24.0 Å². The summed E-state index contributed by atoms with van der Waals surface area (Å²) in [6.45, 7) is 3.54. The van der Waals surface area contributed by atoms with Crippen molar-refractivity contribution >= 4 is 28.3 Å². The molecule has 8 nitrogen and oxygen atoms in total. The van der Waals surface area contributed by atoms with Crippen molar-refractivity contribution < 1.29 is 19.1 Å². The molecule has 0 radical (unpaired) electrons. The number of hydrazine groups is 1. The number of morpholine rings is 1. The van der Waals surface area contributed by atoms with Gasteiger partial charge in [0.2, 0.25) is 0 Å². The maximum Gasteiger partial charge on any atom is 0.289 e. The van der Waals surface area contributed by atoms with Crippen LogP contribution in [0.15, 0.2) is 29.6 Å². The largest absolute Gasteiger partial charge is 0.493 e. The van der Waals surface area contributed by atoms with E-state index in [2.05, 4.69) is 20.7 Å². The van der Waals surface area contributed by atoms with E-state index in [-0.39, 0.29) is 5.69 Å². The lowest BCUT2D eigenvalue weighted by Crippen LogP contribution is -2.41. The number of nitrogens with zero attached hydrogens (tertiary/aromatic N) is 2. The van der Waals surface area contributed by atoms with Gasteiger partial charge in [-0.15, -0.1) is 11.3 Å². The van der Waals surface area contributed by atoms with Gasteiger partial charge in [-0.2, -0.15) is 0 Å². The lowest BCUT2D eigenvalue weighted by atomic mass is 10.2. The molecule has 2 aliphatic rings. The van der Waals surface area contributed by atoms with Gasteiger partial charge in [-0.25, -0.2) is 4.98 Å². The summed E-state index contributed by atoms with van der Waals surface area (Å²) in [5.41, 5.74) is 5.54. The van der Waals surface area contributed by atoms with Crippen molar-refractivity contribution in [2.75, 3.05) is 37.8 Å². The first-order valence-corrected chi connectivity index (χ1v) is 10.2. The molecule has 148 valence electrons. The number of hydrogen-bond acceptors (Lipinski definition) is 7. The molecular weight excluding hydrogens is 380 g/mol. The van der Waals surface area contributed by atoms with Crippen molar-refractivity contribution in [3.63, 3.8) is 0 Å². The highest BCUT2D eigenvalue weighted by molar-refractivity contribution is 7.13. The Morgan fingerprint density at radius 1 is 1.14 bits per heavy atom. The molecule has 9 heteroatoms. The molecule has 1 aromatic heterocycles. The molecule has 28 heavy (non-hydrogen) atoms. The molecule has 0 bridgehead atoms. The third-order valence-electron chi connectivity index (χ3n) is 4.59. The summed E-state index contributed by atoms with van der Waals surface area (Å²) in [6.07, 6.45) is 2.46. The molecule has 0 spiro atoms. The van der Waals surface area contributed by atoms with E-state index >= 15 is 0 Å². The maximum absolute atomic E-state index is 12.2. The minimum absolute atomic E-state index is 0.274. The Labute approximate surface area is 166 Å². The molecule has 1 aliphatic carbocycles. The van der Waals surface area contributed by atoms with Crippen LogP contribution in [0.25, 0.3) is 0 Å². The van der Waals surface area contributed by atoms with Gasteiger partial charge in [0.1, 0.15) is 11.4 Å². The van der Waals surface area contributed by atoms with E-state index in [1.807, 2.05) is 0 Å². The number of amides is 2. The number of carbonyl (C=O) groups excluding carboxylic acids is 2. The smallest absolute Gasteiger partial charge is 0.289 e. The van der Waals surface area contributed by atoms with Crippen molar-refractivity contribution in [3.8, 4) is 5.75 Å². The van der Waals surface area contributed by atoms with Crippen LogP contribution in [0.1, 0.15) is 33.7 Å². The standard InChI is InChI=1S/C19H22N4O4S/c24-17(14-3-5-15(6-4-14)27-11-13-1-2-13)21-22-18(25)16-12-28-19(20-16)23-7-9-26-10-8-23/h3-6,12-13H,1-2,7-11H2,(H,21,24)(H,22,25). The molecule has 1 aliphatic heterocycles. The van der Waals surface area contributed by atoms with Crippen LogP contribution in [-0.2, 0) is 4.74 Å². The van der Waals surface area contributed by atoms with Crippen molar-refractivity contribution in [2.24, 2.45) is 5.92 Å². The van der Waals surface area contributed by atoms with Crippen LogP contribution in [0.5, 0.6) is 5.75 Å². The van der Waals surface area contributed by atoms with Crippen LogP contribution in [0.3, 0.4) is 0 Å². The van der Waals surface area contributed by atoms with Gasteiger partial charge in [-0.3, -0.25) is 20.4 Å². The Balaban J connectivity index is 1.26. The van der Waals surface area contributed by atoms with Crippen molar-refractivity contribution in [1.82, 2.24) is 15.8 Å². The van der Waals surface area contributed by atoms with Gasteiger partial charge in [-0.1, -0.05) is 0 Å². The number of aromatic nitrogens is 1. The zero-order valence-corrected chi connectivity index (χ0v) is 16.2. The number of anilines is 1. The minimum atomic E-state index is -0.450. The van der Waals surface area contributed by atoms with E-state index in [1.54, 1.807) is 29.6 Å². The summed E-state index contributed by atoms with van der Waals surface area (Å²) in [6, 6.07) is 6.86. The zero-order chi connectivity index (χ0) is 19.3. The number of benzene rings is 1. The second kappa shape index (κ2) is 8.57. The number of nitrogens with one attached hydrogen (secondary N) is 2. The second-order valence-electron chi connectivity index (χ2n) is 6.80. The molecule has 2 aromatic rings. The van der Waals surface area contributed by atoms with Crippen molar-refractivity contribution in [1.29, 1.82) is 0 Å². The molecule has 2 fully saturated rings. The SMILES string of the molecule is O=C(NNC(=O)c1csc(N2CCOCC2)n1)c1ccc(OCC2CC2)cc1. The number of ether oxygens (including phenoxy) is 2. The fourth-order valence-corrected chi connectivity index (χ4v) is 3.58. The topological polar surface area (TPSA) is 92.8 Å². The number of hydrogen-bond donors (Lipinski definition) is 2. The molecule has 2 amide bonds. The zero-order valence-electron chi connectivity index (χ0n) is 15.3. The highest BCUT2D eigenvalue weighted by Gasteiger charge is 2.22. The average molecular weight is 402 g/mol. The van der Waals surface area contributed by atoms with Crippen LogP contribution in [0.2, 0.25) is 0 Å². The number of rotatable bonds is 6. The summed E-state index contributed by atoms with van der Waals surface area (Å²) in [5.74, 6) is 0.567. The normalized spacial score (nSPS) is 16.5. The van der Waals surface area contributed by atoms with Crippen LogP contribution in [-0.4, -0.2) is 49.7 Å². The quantitative estimate of drug-likeness (QED) is 0.717. The van der Waals surface area contributed by atoms with Crippen molar-refractivity contribution in [2.45, 2.75) is 12.8 Å². The van der Waals surface area contributed by atoms with E-state index in [1.165, 1.54) is 24.2 Å². The van der Waals surface area contributed by atoms with Gasteiger partial charge >= 0.3 is 0 Å². The first kappa shape index (κ1) is 18.7. The van der Waals surface area contributed by atoms with E-state index in [4.69, 9.17) is 9.47 Å². The van der Waals surface area contributed by atoms with Crippen LogP contribution < -0.4 is 20.5 Å². The van der Waals surface area contributed by atoms with Crippen LogP contribution >= 0.6 is 11.3 Å². The Morgan fingerprint density at radius 3 is 2.57 bits per heavy atom. The van der Waals surface area contributed by atoms with E-state index in [0.717, 1.165) is 30.6 Å². The number of thiazole rings is 1. The molecule has 4 rings (SSSR count). The van der Waals surface area contributed by atoms with Gasteiger partial charge in [0.25, 0.3) is 11.8 Å². The Bertz CT molecular complexity index is 829.